The number of benzene rings is 2. The molecule has 2 aromatic carbocycles. The first-order chi connectivity index (χ1) is 9.38. The molecule has 0 spiro atoms. The van der Waals surface area contributed by atoms with Crippen molar-refractivity contribution in [2.75, 3.05) is 5.32 Å². The van der Waals surface area contributed by atoms with Crippen LogP contribution in [0.4, 0.5) is 10.1 Å². The van der Waals surface area contributed by atoms with Crippen molar-refractivity contribution in [3.63, 3.8) is 0 Å². The highest BCUT2D eigenvalue weighted by Gasteiger charge is 2.12. The molecule has 20 heavy (non-hydrogen) atoms. The van der Waals surface area contributed by atoms with Gasteiger partial charge in [0.05, 0.1) is 0 Å². The van der Waals surface area contributed by atoms with Crippen molar-refractivity contribution in [2.45, 2.75) is 32.7 Å². The molecule has 0 aliphatic heterocycles. The minimum absolute atomic E-state index is 0.124. The fourth-order valence-electron chi connectivity index (χ4n) is 1.99. The van der Waals surface area contributed by atoms with Crippen LogP contribution in [-0.4, -0.2) is 5.11 Å². The number of phenols is 1. The van der Waals surface area contributed by atoms with Gasteiger partial charge in [0, 0.05) is 17.8 Å². The Balaban J connectivity index is 2.06. The number of nitrogens with one attached hydrogen (secondary N) is 1. The maximum Gasteiger partial charge on any atom is 0.165 e. The Kier molecular flexibility index (Phi) is 3.98. The van der Waals surface area contributed by atoms with Gasteiger partial charge in [-0.3, -0.25) is 0 Å². The molecule has 2 nitrogen and oxygen atoms in total. The number of hydrogen-bond acceptors (Lipinski definition) is 2. The molecule has 0 atom stereocenters. The van der Waals surface area contributed by atoms with Crippen LogP contribution in [0.1, 0.15) is 31.9 Å². The summed E-state index contributed by atoms with van der Waals surface area (Å²) < 4.78 is 13.2. The number of phenolic OH excluding ortho intramolecular Hbond substituents is 1. The minimum atomic E-state index is -0.590. The molecule has 0 saturated carbocycles. The highest BCUT2D eigenvalue weighted by Crippen LogP contribution is 2.25. The molecular weight excluding hydrogens is 253 g/mol. The Morgan fingerprint density at radius 3 is 2.30 bits per heavy atom. The van der Waals surface area contributed by atoms with Gasteiger partial charge in [0.1, 0.15) is 0 Å². The topological polar surface area (TPSA) is 32.3 Å². The van der Waals surface area contributed by atoms with Gasteiger partial charge in [0.25, 0.3) is 0 Å². The average molecular weight is 273 g/mol. The van der Waals surface area contributed by atoms with E-state index in [2.05, 4.69) is 38.2 Å². The molecule has 0 amide bonds. The Morgan fingerprint density at radius 1 is 1.05 bits per heavy atom. The van der Waals surface area contributed by atoms with Crippen molar-refractivity contribution < 1.29 is 9.50 Å². The summed E-state index contributed by atoms with van der Waals surface area (Å²) >= 11 is 0. The van der Waals surface area contributed by atoms with E-state index in [1.807, 2.05) is 12.1 Å². The van der Waals surface area contributed by atoms with Gasteiger partial charge in [0.2, 0.25) is 0 Å². The van der Waals surface area contributed by atoms with Crippen LogP contribution >= 0.6 is 0 Å². The van der Waals surface area contributed by atoms with Gasteiger partial charge in [-0.15, -0.1) is 0 Å². The Hall–Kier alpha value is -2.03. The second kappa shape index (κ2) is 5.53. The van der Waals surface area contributed by atoms with Crippen molar-refractivity contribution in [2.24, 2.45) is 0 Å². The second-order valence-electron chi connectivity index (χ2n) is 5.93. The molecule has 0 unspecified atom stereocenters. The highest BCUT2D eigenvalue weighted by atomic mass is 19.1. The van der Waals surface area contributed by atoms with Crippen LogP contribution in [0, 0.1) is 5.82 Å². The van der Waals surface area contributed by atoms with Gasteiger partial charge in [-0.2, -0.15) is 0 Å². The van der Waals surface area contributed by atoms with E-state index in [0.29, 0.717) is 12.1 Å². The fraction of sp³-hybridized carbons (Fsp3) is 0.294. The van der Waals surface area contributed by atoms with E-state index in [-0.39, 0.29) is 11.2 Å². The molecular formula is C17H20FNO. The molecule has 0 fully saturated rings. The predicted molar refractivity (Wildman–Crippen MR) is 80.5 cm³/mol. The molecule has 0 aliphatic rings. The van der Waals surface area contributed by atoms with E-state index in [9.17, 15) is 9.50 Å². The zero-order valence-electron chi connectivity index (χ0n) is 12.1. The van der Waals surface area contributed by atoms with E-state index in [0.717, 1.165) is 5.69 Å². The van der Waals surface area contributed by atoms with E-state index in [1.54, 1.807) is 12.1 Å². The van der Waals surface area contributed by atoms with Gasteiger partial charge in [0.15, 0.2) is 11.6 Å². The third-order valence-corrected chi connectivity index (χ3v) is 3.30. The van der Waals surface area contributed by atoms with Gasteiger partial charge in [-0.1, -0.05) is 45.0 Å². The van der Waals surface area contributed by atoms with Crippen LogP contribution in [0.25, 0.3) is 0 Å². The van der Waals surface area contributed by atoms with Gasteiger partial charge in [-0.25, -0.2) is 4.39 Å². The van der Waals surface area contributed by atoms with E-state index in [1.165, 1.54) is 11.6 Å². The summed E-state index contributed by atoms with van der Waals surface area (Å²) in [6.45, 7) is 6.89. The van der Waals surface area contributed by atoms with Crippen LogP contribution in [0.3, 0.4) is 0 Å². The average Bonchev–Trinajstić information content (AvgIpc) is 2.40. The van der Waals surface area contributed by atoms with Crippen molar-refractivity contribution in [3.05, 3.63) is 59.4 Å². The zero-order chi connectivity index (χ0) is 14.8. The summed E-state index contributed by atoms with van der Waals surface area (Å²) in [5.74, 6) is -0.876. The first-order valence-electron chi connectivity index (χ1n) is 6.69. The molecule has 0 saturated heterocycles. The monoisotopic (exact) mass is 273 g/mol. The summed E-state index contributed by atoms with van der Waals surface area (Å²) in [6, 6.07) is 12.7. The molecule has 2 N–H and O–H groups in total. The van der Waals surface area contributed by atoms with Crippen molar-refractivity contribution in [1.82, 2.24) is 0 Å². The Bertz CT molecular complexity index is 585. The zero-order valence-corrected chi connectivity index (χ0v) is 12.1. The lowest BCUT2D eigenvalue weighted by Gasteiger charge is -2.19. The van der Waals surface area contributed by atoms with Crippen LogP contribution in [-0.2, 0) is 12.0 Å². The van der Waals surface area contributed by atoms with E-state index in [4.69, 9.17) is 0 Å². The standard InChI is InChI=1S/C17H20FNO/c1-17(2,3)13-7-9-14(10-8-13)19-11-12-5-4-6-15(18)16(12)20/h4-10,19-20H,11H2,1-3H3. The maximum absolute atomic E-state index is 13.2. The van der Waals surface area contributed by atoms with E-state index < -0.39 is 5.82 Å². The lowest BCUT2D eigenvalue weighted by atomic mass is 9.87. The van der Waals surface area contributed by atoms with Crippen molar-refractivity contribution in [3.8, 4) is 5.75 Å². The third-order valence-electron chi connectivity index (χ3n) is 3.30. The van der Waals surface area contributed by atoms with Crippen LogP contribution in [0.2, 0.25) is 0 Å². The molecule has 2 aromatic rings. The summed E-state index contributed by atoms with van der Waals surface area (Å²) in [5.41, 5.74) is 2.88. The van der Waals surface area contributed by atoms with E-state index >= 15 is 0 Å². The third kappa shape index (κ3) is 3.29. The molecule has 0 heterocycles. The number of hydrogen-bond donors (Lipinski definition) is 2. The number of anilines is 1. The Labute approximate surface area is 119 Å². The molecule has 2 rings (SSSR count). The minimum Gasteiger partial charge on any atom is -0.505 e. The van der Waals surface area contributed by atoms with Crippen LogP contribution in [0.5, 0.6) is 5.75 Å². The molecule has 0 bridgehead atoms. The summed E-state index contributed by atoms with van der Waals surface area (Å²) in [4.78, 5) is 0. The second-order valence-corrected chi connectivity index (χ2v) is 5.93. The quantitative estimate of drug-likeness (QED) is 0.866. The Morgan fingerprint density at radius 2 is 1.70 bits per heavy atom. The normalized spacial score (nSPS) is 11.4. The molecule has 3 heteroatoms. The van der Waals surface area contributed by atoms with Crippen molar-refractivity contribution in [1.29, 1.82) is 0 Å². The molecule has 106 valence electrons. The smallest absolute Gasteiger partial charge is 0.165 e. The maximum atomic E-state index is 13.2. The summed E-state index contributed by atoms with van der Waals surface area (Å²) in [6.07, 6.45) is 0. The predicted octanol–water partition coefficient (Wildman–Crippen LogP) is 4.44. The molecule has 0 aromatic heterocycles. The van der Waals surface area contributed by atoms with Gasteiger partial charge < -0.3 is 10.4 Å². The number of halogens is 1. The fourth-order valence-corrected chi connectivity index (χ4v) is 1.99. The van der Waals surface area contributed by atoms with Crippen LogP contribution in [0.15, 0.2) is 42.5 Å². The number of rotatable bonds is 3. The summed E-state index contributed by atoms with van der Waals surface area (Å²) in [7, 11) is 0. The molecule has 0 aliphatic carbocycles. The van der Waals surface area contributed by atoms with Crippen LogP contribution < -0.4 is 5.32 Å². The van der Waals surface area contributed by atoms with Gasteiger partial charge in [-0.05, 0) is 29.2 Å². The van der Waals surface area contributed by atoms with Gasteiger partial charge >= 0.3 is 0 Å². The summed E-state index contributed by atoms with van der Waals surface area (Å²) in [5, 5.41) is 12.8. The first kappa shape index (κ1) is 14.4. The van der Waals surface area contributed by atoms with Crippen molar-refractivity contribution >= 4 is 5.69 Å². The lowest BCUT2D eigenvalue weighted by Crippen LogP contribution is -2.10. The molecule has 0 radical (unpaired) electrons. The highest BCUT2D eigenvalue weighted by molar-refractivity contribution is 5.47. The lowest BCUT2D eigenvalue weighted by molar-refractivity contribution is 0.427. The largest absolute Gasteiger partial charge is 0.505 e. The number of para-hydroxylation sites is 1. The number of aromatic hydroxyl groups is 1. The SMILES string of the molecule is CC(C)(C)c1ccc(NCc2cccc(F)c2O)cc1. The first-order valence-corrected chi connectivity index (χ1v) is 6.69.